The second-order valence-electron chi connectivity index (χ2n) is 5.44. The summed E-state index contributed by atoms with van der Waals surface area (Å²) in [7, 11) is 1.50. The summed E-state index contributed by atoms with van der Waals surface area (Å²) in [4.78, 5) is 23.8. The van der Waals surface area contributed by atoms with Crippen molar-refractivity contribution in [2.45, 2.75) is 13.0 Å². The summed E-state index contributed by atoms with van der Waals surface area (Å²) in [5.74, 6) is -1.62. The quantitative estimate of drug-likeness (QED) is 0.465. The van der Waals surface area contributed by atoms with Crippen LogP contribution in [0.2, 0.25) is 0 Å². The predicted molar refractivity (Wildman–Crippen MR) is 89.7 cm³/mol. The van der Waals surface area contributed by atoms with Crippen molar-refractivity contribution in [1.82, 2.24) is 4.90 Å². The minimum absolute atomic E-state index is 0.103. The van der Waals surface area contributed by atoms with E-state index >= 15 is 0 Å². The second-order valence-corrected chi connectivity index (χ2v) is 5.44. The van der Waals surface area contributed by atoms with E-state index in [1.54, 1.807) is 25.1 Å². The van der Waals surface area contributed by atoms with Crippen LogP contribution in [0.5, 0.6) is 0 Å². The lowest BCUT2D eigenvalue weighted by molar-refractivity contribution is -0.385. The Hall–Kier alpha value is -3.09. The molecule has 0 fully saturated rings. The number of nitro groups is 1. The molecule has 0 aliphatic rings. The molecule has 0 N–H and O–H groups in total. The molecule has 1 unspecified atom stereocenters. The lowest BCUT2D eigenvalue weighted by Gasteiger charge is -2.24. The average molecular weight is 346 g/mol. The molecule has 25 heavy (non-hydrogen) atoms. The highest BCUT2D eigenvalue weighted by Crippen LogP contribution is 2.23. The molecule has 0 saturated carbocycles. The van der Waals surface area contributed by atoms with E-state index in [1.165, 1.54) is 30.2 Å². The van der Waals surface area contributed by atoms with Crippen molar-refractivity contribution in [1.29, 1.82) is 0 Å². The van der Waals surface area contributed by atoms with Crippen molar-refractivity contribution in [2.24, 2.45) is 0 Å². The fraction of sp³-hybridized carbons (Fsp3) is 0.167. The maximum absolute atomic E-state index is 13.8. The zero-order chi connectivity index (χ0) is 18.6. The molecule has 0 bridgehead atoms. The molecular weight excluding hydrogens is 330 g/mol. The van der Waals surface area contributed by atoms with Gasteiger partial charge < -0.3 is 4.90 Å². The van der Waals surface area contributed by atoms with Crippen LogP contribution in [-0.2, 0) is 4.79 Å². The van der Waals surface area contributed by atoms with Gasteiger partial charge in [-0.1, -0.05) is 18.2 Å². The summed E-state index contributed by atoms with van der Waals surface area (Å²) < 4.78 is 27.0. The molecule has 2 rings (SSSR count). The third kappa shape index (κ3) is 4.26. The molecule has 130 valence electrons. The van der Waals surface area contributed by atoms with Crippen molar-refractivity contribution in [2.75, 3.05) is 7.05 Å². The average Bonchev–Trinajstić information content (AvgIpc) is 2.59. The van der Waals surface area contributed by atoms with Crippen molar-refractivity contribution < 1.29 is 18.5 Å². The Bertz CT molecular complexity index is 837. The van der Waals surface area contributed by atoms with Crippen LogP contribution in [-0.4, -0.2) is 22.8 Å². The first-order valence-electron chi connectivity index (χ1n) is 7.44. The smallest absolute Gasteiger partial charge is 0.279 e. The van der Waals surface area contributed by atoms with Gasteiger partial charge in [0.25, 0.3) is 5.69 Å². The van der Waals surface area contributed by atoms with Gasteiger partial charge in [-0.15, -0.1) is 0 Å². The summed E-state index contributed by atoms with van der Waals surface area (Å²) in [6.07, 6.45) is 2.38. The molecule has 0 saturated heterocycles. The number of amides is 1. The predicted octanol–water partition coefficient (Wildman–Crippen LogP) is 4.11. The molecule has 2 aromatic rings. The van der Waals surface area contributed by atoms with Gasteiger partial charge in [0.1, 0.15) is 11.6 Å². The number of carbonyl (C=O) groups excluding carboxylic acids is 1. The van der Waals surface area contributed by atoms with Gasteiger partial charge in [0.2, 0.25) is 5.91 Å². The van der Waals surface area contributed by atoms with Crippen molar-refractivity contribution in [3.8, 4) is 0 Å². The molecule has 0 spiro atoms. The number of nitrogens with zero attached hydrogens (tertiary/aromatic N) is 2. The number of carbonyl (C=O) groups is 1. The SMILES string of the molecule is CC(c1ccccc1F)N(C)C(=O)C=Cc1ccc(F)cc1[N+](=O)[O-]. The molecule has 7 heteroatoms. The van der Waals surface area contributed by atoms with Gasteiger partial charge in [0.15, 0.2) is 0 Å². The normalized spacial score (nSPS) is 12.2. The van der Waals surface area contributed by atoms with Gasteiger partial charge in [0, 0.05) is 18.7 Å². The Kier molecular flexibility index (Phi) is 5.59. The molecule has 0 aromatic heterocycles. The van der Waals surface area contributed by atoms with E-state index in [2.05, 4.69) is 0 Å². The van der Waals surface area contributed by atoms with Gasteiger partial charge in [-0.25, -0.2) is 8.78 Å². The largest absolute Gasteiger partial charge is 0.335 e. The van der Waals surface area contributed by atoms with E-state index in [1.807, 2.05) is 0 Å². The summed E-state index contributed by atoms with van der Waals surface area (Å²) in [6, 6.07) is 8.67. The summed E-state index contributed by atoms with van der Waals surface area (Å²) in [5, 5.41) is 11.0. The number of nitro benzene ring substituents is 1. The lowest BCUT2D eigenvalue weighted by Crippen LogP contribution is -2.28. The number of hydrogen-bond acceptors (Lipinski definition) is 3. The summed E-state index contributed by atoms with van der Waals surface area (Å²) in [6.45, 7) is 1.67. The van der Waals surface area contributed by atoms with Crippen LogP contribution in [0.1, 0.15) is 24.1 Å². The molecule has 5 nitrogen and oxygen atoms in total. The number of benzene rings is 2. The van der Waals surface area contributed by atoms with E-state index in [0.29, 0.717) is 5.56 Å². The number of halogens is 2. The molecule has 1 atom stereocenters. The van der Waals surface area contributed by atoms with Gasteiger partial charge in [-0.05, 0) is 31.2 Å². The third-order valence-corrected chi connectivity index (χ3v) is 3.88. The van der Waals surface area contributed by atoms with E-state index in [9.17, 15) is 23.7 Å². The van der Waals surface area contributed by atoms with Crippen LogP contribution in [0.4, 0.5) is 14.5 Å². The fourth-order valence-electron chi connectivity index (χ4n) is 2.31. The van der Waals surface area contributed by atoms with Crippen molar-refractivity contribution >= 4 is 17.7 Å². The Morgan fingerprint density at radius 2 is 1.92 bits per heavy atom. The highest BCUT2D eigenvalue weighted by molar-refractivity contribution is 5.92. The molecule has 0 aliphatic heterocycles. The first-order valence-corrected chi connectivity index (χ1v) is 7.44. The Balaban J connectivity index is 2.20. The number of hydrogen-bond donors (Lipinski definition) is 0. The summed E-state index contributed by atoms with van der Waals surface area (Å²) in [5.41, 5.74) is 0.0278. The molecule has 0 aliphatic carbocycles. The number of likely N-dealkylation sites (N-methyl/N-ethyl adjacent to an activating group) is 1. The molecule has 2 aromatic carbocycles. The Morgan fingerprint density at radius 1 is 1.24 bits per heavy atom. The topological polar surface area (TPSA) is 63.5 Å². The van der Waals surface area contributed by atoms with Crippen LogP contribution in [0, 0.1) is 21.7 Å². The van der Waals surface area contributed by atoms with Gasteiger partial charge in [-0.2, -0.15) is 0 Å². The van der Waals surface area contributed by atoms with Crippen LogP contribution in [0.15, 0.2) is 48.5 Å². The molecular formula is C18H16F2N2O3. The Morgan fingerprint density at radius 3 is 2.56 bits per heavy atom. The zero-order valence-electron chi connectivity index (χ0n) is 13.6. The maximum atomic E-state index is 13.8. The zero-order valence-corrected chi connectivity index (χ0v) is 13.6. The van der Waals surface area contributed by atoms with E-state index in [4.69, 9.17) is 0 Å². The lowest BCUT2D eigenvalue weighted by atomic mass is 10.1. The van der Waals surface area contributed by atoms with Crippen molar-refractivity contribution in [3.05, 3.63) is 81.4 Å². The minimum atomic E-state index is -0.736. The highest BCUT2D eigenvalue weighted by Gasteiger charge is 2.19. The van der Waals surface area contributed by atoms with Gasteiger partial charge in [-0.3, -0.25) is 14.9 Å². The minimum Gasteiger partial charge on any atom is -0.335 e. The highest BCUT2D eigenvalue weighted by atomic mass is 19.1. The van der Waals surface area contributed by atoms with Crippen LogP contribution < -0.4 is 0 Å². The van der Waals surface area contributed by atoms with Crippen molar-refractivity contribution in [3.63, 3.8) is 0 Å². The summed E-state index contributed by atoms with van der Waals surface area (Å²) >= 11 is 0. The third-order valence-electron chi connectivity index (χ3n) is 3.88. The van der Waals surface area contributed by atoms with Crippen LogP contribution >= 0.6 is 0 Å². The molecule has 1 amide bonds. The Labute approximate surface area is 143 Å². The van der Waals surface area contributed by atoms with Crippen LogP contribution in [0.25, 0.3) is 6.08 Å². The van der Waals surface area contributed by atoms with E-state index in [0.717, 1.165) is 18.2 Å². The maximum Gasteiger partial charge on any atom is 0.279 e. The van der Waals surface area contributed by atoms with Crippen LogP contribution in [0.3, 0.4) is 0 Å². The molecule has 0 heterocycles. The fourth-order valence-corrected chi connectivity index (χ4v) is 2.31. The van der Waals surface area contributed by atoms with Gasteiger partial charge >= 0.3 is 0 Å². The van der Waals surface area contributed by atoms with E-state index in [-0.39, 0.29) is 5.56 Å². The molecule has 0 radical (unpaired) electrons. The standard InChI is InChI=1S/C18H16F2N2O3/c1-12(15-5-3-4-6-16(15)20)21(2)18(23)10-8-13-7-9-14(19)11-17(13)22(24)25/h3-12H,1-2H3. The number of rotatable bonds is 5. The first-order chi connectivity index (χ1) is 11.8. The second kappa shape index (κ2) is 7.65. The monoisotopic (exact) mass is 346 g/mol. The first kappa shape index (κ1) is 18.3. The van der Waals surface area contributed by atoms with E-state index < -0.39 is 34.2 Å². The van der Waals surface area contributed by atoms with Gasteiger partial charge in [0.05, 0.1) is 22.6 Å².